The van der Waals surface area contributed by atoms with Crippen LogP contribution in [-0.2, 0) is 12.8 Å². The fourth-order valence-corrected chi connectivity index (χ4v) is 2.94. The van der Waals surface area contributed by atoms with Gasteiger partial charge in [-0.05, 0) is 42.7 Å². The Bertz CT molecular complexity index is 697. The van der Waals surface area contributed by atoms with Gasteiger partial charge in [-0.25, -0.2) is 0 Å². The Hall–Kier alpha value is -1.88. The number of hydrogen-bond acceptors (Lipinski definition) is 4. The van der Waals surface area contributed by atoms with Gasteiger partial charge in [0.15, 0.2) is 11.5 Å². The third kappa shape index (κ3) is 2.42. The maximum atomic E-state index is 10.4. The number of methoxy groups -OCH3 is 2. The Morgan fingerprint density at radius 1 is 1.10 bits per heavy atom. The molecule has 0 fully saturated rings. The molecule has 4 nitrogen and oxygen atoms in total. The molecule has 0 aromatic heterocycles. The van der Waals surface area contributed by atoms with Gasteiger partial charge in [0.1, 0.15) is 5.75 Å². The summed E-state index contributed by atoms with van der Waals surface area (Å²) in [6.45, 7) is 0. The number of halogens is 1. The van der Waals surface area contributed by atoms with Crippen LogP contribution in [0.1, 0.15) is 11.1 Å². The Morgan fingerprint density at radius 3 is 2.57 bits per heavy atom. The third-order valence-electron chi connectivity index (χ3n) is 3.57. The Morgan fingerprint density at radius 2 is 1.86 bits per heavy atom. The SMILES string of the molecule is COc1cc2c(c(O)c1OC)Oc1ccc(Br)cc1CC2. The van der Waals surface area contributed by atoms with E-state index in [-0.39, 0.29) is 11.5 Å². The molecule has 0 radical (unpaired) electrons. The van der Waals surface area contributed by atoms with Crippen LogP contribution in [0, 0.1) is 0 Å². The first kappa shape index (κ1) is 14.1. The number of aryl methyl sites for hydroxylation is 2. The van der Waals surface area contributed by atoms with Crippen molar-refractivity contribution in [2.24, 2.45) is 0 Å². The van der Waals surface area contributed by atoms with Gasteiger partial charge in [-0.2, -0.15) is 0 Å². The zero-order valence-electron chi connectivity index (χ0n) is 11.8. The van der Waals surface area contributed by atoms with Gasteiger partial charge in [0, 0.05) is 10.0 Å². The van der Waals surface area contributed by atoms with Gasteiger partial charge in [0.05, 0.1) is 14.2 Å². The third-order valence-corrected chi connectivity index (χ3v) is 4.07. The minimum atomic E-state index is -0.0254. The molecule has 2 aromatic carbocycles. The van der Waals surface area contributed by atoms with Crippen molar-refractivity contribution in [1.82, 2.24) is 0 Å². The van der Waals surface area contributed by atoms with Crippen LogP contribution >= 0.6 is 15.9 Å². The van der Waals surface area contributed by atoms with Gasteiger partial charge in [-0.3, -0.25) is 0 Å². The first-order chi connectivity index (χ1) is 10.1. The fraction of sp³-hybridized carbons (Fsp3) is 0.250. The lowest BCUT2D eigenvalue weighted by atomic mass is 10.0. The van der Waals surface area contributed by atoms with Crippen molar-refractivity contribution in [3.8, 4) is 28.7 Å². The van der Waals surface area contributed by atoms with E-state index in [1.54, 1.807) is 7.11 Å². The maximum absolute atomic E-state index is 10.4. The first-order valence-corrected chi connectivity index (χ1v) is 7.36. The summed E-state index contributed by atoms with van der Waals surface area (Å²) >= 11 is 3.47. The van der Waals surface area contributed by atoms with Gasteiger partial charge in [-0.15, -0.1) is 0 Å². The molecule has 0 aliphatic carbocycles. The first-order valence-electron chi connectivity index (χ1n) is 6.57. The summed E-state index contributed by atoms with van der Waals surface area (Å²) in [6.07, 6.45) is 1.59. The van der Waals surface area contributed by atoms with Crippen LogP contribution < -0.4 is 14.2 Å². The summed E-state index contributed by atoms with van der Waals surface area (Å²) in [7, 11) is 3.04. The quantitative estimate of drug-likeness (QED) is 0.886. The van der Waals surface area contributed by atoms with Crippen LogP contribution in [0.5, 0.6) is 28.7 Å². The lowest BCUT2D eigenvalue weighted by Crippen LogP contribution is -1.96. The van der Waals surface area contributed by atoms with E-state index in [4.69, 9.17) is 14.2 Å². The monoisotopic (exact) mass is 350 g/mol. The predicted octanol–water partition coefficient (Wildman–Crippen LogP) is 4.06. The normalized spacial score (nSPS) is 12.7. The van der Waals surface area contributed by atoms with Crippen molar-refractivity contribution in [2.75, 3.05) is 14.2 Å². The number of hydrogen-bond donors (Lipinski definition) is 1. The van der Waals surface area contributed by atoms with Crippen LogP contribution in [0.3, 0.4) is 0 Å². The highest BCUT2D eigenvalue weighted by molar-refractivity contribution is 9.10. The van der Waals surface area contributed by atoms with Crippen molar-refractivity contribution >= 4 is 15.9 Å². The summed E-state index contributed by atoms with van der Waals surface area (Å²) in [6, 6.07) is 7.70. The molecule has 1 aliphatic rings. The van der Waals surface area contributed by atoms with Gasteiger partial charge in [0.25, 0.3) is 0 Å². The molecular formula is C16H15BrO4. The van der Waals surface area contributed by atoms with E-state index in [1.807, 2.05) is 24.3 Å². The fourth-order valence-electron chi connectivity index (χ4n) is 2.53. The number of phenols is 1. The maximum Gasteiger partial charge on any atom is 0.207 e. The average molecular weight is 351 g/mol. The zero-order chi connectivity index (χ0) is 15.0. The summed E-state index contributed by atoms with van der Waals surface area (Å²) in [5, 5.41) is 10.4. The summed E-state index contributed by atoms with van der Waals surface area (Å²) in [5.41, 5.74) is 2.00. The van der Waals surface area contributed by atoms with Crippen molar-refractivity contribution in [3.05, 3.63) is 39.9 Å². The lowest BCUT2D eigenvalue weighted by Gasteiger charge is -2.16. The van der Waals surface area contributed by atoms with Crippen molar-refractivity contribution < 1.29 is 19.3 Å². The van der Waals surface area contributed by atoms with Crippen molar-refractivity contribution in [3.63, 3.8) is 0 Å². The summed E-state index contributed by atoms with van der Waals surface area (Å²) < 4.78 is 17.4. The van der Waals surface area contributed by atoms with Crippen LogP contribution in [0.4, 0.5) is 0 Å². The molecule has 5 heteroatoms. The minimum absolute atomic E-state index is 0.0254. The van der Waals surface area contributed by atoms with E-state index in [9.17, 15) is 5.11 Å². The molecule has 21 heavy (non-hydrogen) atoms. The molecule has 2 aromatic rings. The number of fused-ring (bicyclic) bond motifs is 2. The number of benzene rings is 2. The molecule has 3 rings (SSSR count). The molecule has 1 N–H and O–H groups in total. The molecule has 1 aliphatic heterocycles. The van der Waals surface area contributed by atoms with Gasteiger partial charge in [0.2, 0.25) is 11.5 Å². The number of aromatic hydroxyl groups is 1. The van der Waals surface area contributed by atoms with E-state index in [0.29, 0.717) is 11.5 Å². The van der Waals surface area contributed by atoms with Gasteiger partial charge >= 0.3 is 0 Å². The minimum Gasteiger partial charge on any atom is -0.502 e. The molecule has 0 spiro atoms. The van der Waals surface area contributed by atoms with Crippen molar-refractivity contribution in [1.29, 1.82) is 0 Å². The second-order valence-electron chi connectivity index (χ2n) is 4.80. The molecule has 0 unspecified atom stereocenters. The van der Waals surface area contributed by atoms with Crippen LogP contribution in [0.25, 0.3) is 0 Å². The molecule has 110 valence electrons. The Labute approximate surface area is 131 Å². The highest BCUT2D eigenvalue weighted by Crippen LogP contribution is 2.49. The molecule has 0 saturated heterocycles. The molecule has 0 bridgehead atoms. The number of rotatable bonds is 2. The van der Waals surface area contributed by atoms with E-state index < -0.39 is 0 Å². The Balaban J connectivity index is 2.14. The predicted molar refractivity (Wildman–Crippen MR) is 82.8 cm³/mol. The van der Waals surface area contributed by atoms with Gasteiger partial charge < -0.3 is 19.3 Å². The van der Waals surface area contributed by atoms with Crippen LogP contribution in [0.15, 0.2) is 28.7 Å². The standard InChI is InChI=1S/C16H15BrO4/c1-19-13-8-10-4-3-9-7-11(17)5-6-12(9)21-15(10)14(18)16(13)20-2/h5-8,18H,3-4H2,1-2H3. The molecule has 0 saturated carbocycles. The van der Waals surface area contributed by atoms with Crippen LogP contribution in [0.2, 0.25) is 0 Å². The lowest BCUT2D eigenvalue weighted by molar-refractivity contribution is 0.322. The zero-order valence-corrected chi connectivity index (χ0v) is 13.4. The second-order valence-corrected chi connectivity index (χ2v) is 5.72. The largest absolute Gasteiger partial charge is 0.502 e. The summed E-state index contributed by atoms with van der Waals surface area (Å²) in [4.78, 5) is 0. The molecule has 0 atom stereocenters. The van der Waals surface area contributed by atoms with Crippen molar-refractivity contribution in [2.45, 2.75) is 12.8 Å². The van der Waals surface area contributed by atoms with E-state index in [0.717, 1.165) is 34.2 Å². The topological polar surface area (TPSA) is 47.9 Å². The second kappa shape index (κ2) is 5.48. The number of phenolic OH excluding ortho intramolecular Hbond substituents is 1. The summed E-state index contributed by atoms with van der Waals surface area (Å²) in [5.74, 6) is 1.96. The molecule has 1 heterocycles. The average Bonchev–Trinajstić information content (AvgIpc) is 2.66. The smallest absolute Gasteiger partial charge is 0.207 e. The molecule has 0 amide bonds. The van der Waals surface area contributed by atoms with E-state index in [1.165, 1.54) is 7.11 Å². The number of ether oxygens (including phenoxy) is 3. The van der Waals surface area contributed by atoms with E-state index >= 15 is 0 Å². The highest BCUT2D eigenvalue weighted by Gasteiger charge is 2.24. The molecular weight excluding hydrogens is 336 g/mol. The van der Waals surface area contributed by atoms with E-state index in [2.05, 4.69) is 15.9 Å². The highest BCUT2D eigenvalue weighted by atomic mass is 79.9. The Kier molecular flexibility index (Phi) is 3.68. The van der Waals surface area contributed by atoms with Gasteiger partial charge in [-0.1, -0.05) is 15.9 Å². The van der Waals surface area contributed by atoms with Crippen LogP contribution in [-0.4, -0.2) is 19.3 Å².